The lowest BCUT2D eigenvalue weighted by Gasteiger charge is -2.38. The number of carbonyl (C=O) groups is 1. The van der Waals surface area contributed by atoms with Crippen LogP contribution in [0.2, 0.25) is 0 Å². The molecule has 2 fully saturated rings. The molecule has 1 unspecified atom stereocenters. The molecule has 0 radical (unpaired) electrons. The number of hydrogen-bond donors (Lipinski definition) is 1. The van der Waals surface area contributed by atoms with E-state index in [1.165, 1.54) is 12.8 Å². The molecule has 0 amide bonds. The largest absolute Gasteiger partial charge is 0.481 e. The summed E-state index contributed by atoms with van der Waals surface area (Å²) in [4.78, 5) is 11.1. The van der Waals surface area contributed by atoms with Crippen LogP contribution in [0.5, 0.6) is 0 Å². The molecule has 0 aromatic rings. The first-order chi connectivity index (χ1) is 6.25. The van der Waals surface area contributed by atoms with Crippen molar-refractivity contribution in [1.29, 1.82) is 0 Å². The van der Waals surface area contributed by atoms with Gasteiger partial charge in [-0.15, -0.1) is 0 Å². The minimum absolute atomic E-state index is 0.00984. The summed E-state index contributed by atoms with van der Waals surface area (Å²) in [5.41, 5.74) is -0.00984. The molecule has 0 bridgehead atoms. The van der Waals surface area contributed by atoms with E-state index in [1.807, 2.05) is 0 Å². The van der Waals surface area contributed by atoms with Crippen molar-refractivity contribution in [3.05, 3.63) is 0 Å². The molecule has 74 valence electrons. The predicted octanol–water partition coefficient (Wildman–Crippen LogP) is 1.67. The number of aliphatic carboxylic acids is 1. The minimum Gasteiger partial charge on any atom is -0.481 e. The Kier molecular flexibility index (Phi) is 2.28. The Morgan fingerprint density at radius 3 is 2.69 bits per heavy atom. The third-order valence-electron chi connectivity index (χ3n) is 3.58. The molecule has 2 rings (SSSR count). The standard InChI is InChI=1S/C10H16O3/c11-9(12)8-3-6-13-7-10(8)4-1-2-5-10/h8H,1-7H2,(H,11,12). The highest BCUT2D eigenvalue weighted by molar-refractivity contribution is 5.71. The van der Waals surface area contributed by atoms with Crippen molar-refractivity contribution in [3.63, 3.8) is 0 Å². The van der Waals surface area contributed by atoms with E-state index >= 15 is 0 Å². The smallest absolute Gasteiger partial charge is 0.307 e. The van der Waals surface area contributed by atoms with Crippen LogP contribution in [0.3, 0.4) is 0 Å². The van der Waals surface area contributed by atoms with E-state index in [4.69, 9.17) is 9.84 Å². The molecule has 1 heterocycles. The maximum absolute atomic E-state index is 11.1. The summed E-state index contributed by atoms with van der Waals surface area (Å²) in [6, 6.07) is 0. The normalized spacial score (nSPS) is 32.2. The SMILES string of the molecule is O=C(O)C1CCOCC12CCCC2. The third-order valence-corrected chi connectivity index (χ3v) is 3.58. The van der Waals surface area contributed by atoms with Gasteiger partial charge in [0.2, 0.25) is 0 Å². The van der Waals surface area contributed by atoms with Gasteiger partial charge in [-0.25, -0.2) is 0 Å². The number of rotatable bonds is 1. The van der Waals surface area contributed by atoms with Crippen LogP contribution in [0.1, 0.15) is 32.1 Å². The van der Waals surface area contributed by atoms with Crippen molar-refractivity contribution < 1.29 is 14.6 Å². The van der Waals surface area contributed by atoms with Crippen LogP contribution >= 0.6 is 0 Å². The maximum atomic E-state index is 11.1. The van der Waals surface area contributed by atoms with Gasteiger partial charge < -0.3 is 9.84 Å². The quantitative estimate of drug-likeness (QED) is 0.674. The summed E-state index contributed by atoms with van der Waals surface area (Å²) in [6.45, 7) is 1.29. The van der Waals surface area contributed by atoms with E-state index in [0.29, 0.717) is 19.6 Å². The van der Waals surface area contributed by atoms with Crippen molar-refractivity contribution in [1.82, 2.24) is 0 Å². The molecule has 3 heteroatoms. The highest BCUT2D eigenvalue weighted by Gasteiger charge is 2.46. The van der Waals surface area contributed by atoms with E-state index in [0.717, 1.165) is 12.8 Å². The lowest BCUT2D eigenvalue weighted by Crippen LogP contribution is -2.42. The van der Waals surface area contributed by atoms with E-state index < -0.39 is 5.97 Å². The zero-order chi connectivity index (χ0) is 9.31. The van der Waals surface area contributed by atoms with Gasteiger partial charge in [-0.3, -0.25) is 4.79 Å². The lowest BCUT2D eigenvalue weighted by molar-refractivity contribution is -0.155. The first-order valence-electron chi connectivity index (χ1n) is 5.05. The Morgan fingerprint density at radius 1 is 1.38 bits per heavy atom. The number of carboxylic acids is 1. The van der Waals surface area contributed by atoms with Crippen molar-refractivity contribution >= 4 is 5.97 Å². The molecule has 2 aliphatic rings. The van der Waals surface area contributed by atoms with Crippen LogP contribution in [-0.2, 0) is 9.53 Å². The second-order valence-electron chi connectivity index (χ2n) is 4.30. The molecule has 1 N–H and O–H groups in total. The molecule has 1 spiro atoms. The molecule has 1 aliphatic heterocycles. The first kappa shape index (κ1) is 9.00. The van der Waals surface area contributed by atoms with Gasteiger partial charge in [-0.2, -0.15) is 0 Å². The molecular weight excluding hydrogens is 168 g/mol. The van der Waals surface area contributed by atoms with Crippen molar-refractivity contribution in [3.8, 4) is 0 Å². The van der Waals surface area contributed by atoms with E-state index in [2.05, 4.69) is 0 Å². The summed E-state index contributed by atoms with van der Waals surface area (Å²) in [5.74, 6) is -0.769. The topological polar surface area (TPSA) is 46.5 Å². The summed E-state index contributed by atoms with van der Waals surface area (Å²) in [6.07, 6.45) is 5.14. The molecule has 1 aliphatic carbocycles. The average molecular weight is 184 g/mol. The van der Waals surface area contributed by atoms with Gasteiger partial charge in [0.15, 0.2) is 0 Å². The zero-order valence-corrected chi connectivity index (χ0v) is 7.79. The molecule has 3 nitrogen and oxygen atoms in total. The zero-order valence-electron chi connectivity index (χ0n) is 7.79. The van der Waals surface area contributed by atoms with E-state index in [-0.39, 0.29) is 11.3 Å². The molecular formula is C10H16O3. The Labute approximate surface area is 78.1 Å². The molecule has 1 saturated heterocycles. The van der Waals surface area contributed by atoms with Crippen molar-refractivity contribution in [2.75, 3.05) is 13.2 Å². The van der Waals surface area contributed by atoms with Gasteiger partial charge in [0, 0.05) is 12.0 Å². The Morgan fingerprint density at radius 2 is 2.08 bits per heavy atom. The third kappa shape index (κ3) is 1.46. The van der Waals surface area contributed by atoms with Gasteiger partial charge in [-0.05, 0) is 19.3 Å². The van der Waals surface area contributed by atoms with Gasteiger partial charge in [0.25, 0.3) is 0 Å². The van der Waals surface area contributed by atoms with Crippen LogP contribution in [0.25, 0.3) is 0 Å². The summed E-state index contributed by atoms with van der Waals surface area (Å²) in [5, 5.41) is 9.11. The minimum atomic E-state index is -0.620. The highest BCUT2D eigenvalue weighted by atomic mass is 16.5. The van der Waals surface area contributed by atoms with Gasteiger partial charge in [0.05, 0.1) is 12.5 Å². The van der Waals surface area contributed by atoms with E-state index in [1.54, 1.807) is 0 Å². The number of carboxylic acid groups (broad SMARTS) is 1. The molecule has 0 aromatic heterocycles. The summed E-state index contributed by atoms with van der Waals surface area (Å²) in [7, 11) is 0. The maximum Gasteiger partial charge on any atom is 0.307 e. The predicted molar refractivity (Wildman–Crippen MR) is 47.5 cm³/mol. The highest BCUT2D eigenvalue weighted by Crippen LogP contribution is 2.47. The first-order valence-corrected chi connectivity index (χ1v) is 5.05. The molecule has 0 aromatic carbocycles. The second-order valence-corrected chi connectivity index (χ2v) is 4.30. The van der Waals surface area contributed by atoms with Crippen LogP contribution < -0.4 is 0 Å². The van der Waals surface area contributed by atoms with Crippen LogP contribution in [0, 0.1) is 11.3 Å². The van der Waals surface area contributed by atoms with Crippen molar-refractivity contribution in [2.24, 2.45) is 11.3 Å². The van der Waals surface area contributed by atoms with Gasteiger partial charge in [0.1, 0.15) is 0 Å². The van der Waals surface area contributed by atoms with E-state index in [9.17, 15) is 4.79 Å². The molecule has 1 atom stereocenters. The summed E-state index contributed by atoms with van der Waals surface area (Å²) >= 11 is 0. The fraction of sp³-hybridized carbons (Fsp3) is 0.900. The molecule has 1 saturated carbocycles. The number of ether oxygens (including phenoxy) is 1. The van der Waals surface area contributed by atoms with Gasteiger partial charge in [-0.1, -0.05) is 12.8 Å². The Hall–Kier alpha value is -0.570. The van der Waals surface area contributed by atoms with Gasteiger partial charge >= 0.3 is 5.97 Å². The average Bonchev–Trinajstić information content (AvgIpc) is 2.54. The lowest BCUT2D eigenvalue weighted by atomic mass is 9.72. The molecule has 13 heavy (non-hydrogen) atoms. The second kappa shape index (κ2) is 3.29. The van der Waals surface area contributed by atoms with Crippen molar-refractivity contribution in [2.45, 2.75) is 32.1 Å². The summed E-state index contributed by atoms with van der Waals surface area (Å²) < 4.78 is 5.42. The van der Waals surface area contributed by atoms with Crippen LogP contribution in [0.4, 0.5) is 0 Å². The monoisotopic (exact) mass is 184 g/mol. The fourth-order valence-corrected chi connectivity index (χ4v) is 2.84. The van der Waals surface area contributed by atoms with Crippen LogP contribution in [0.15, 0.2) is 0 Å². The Bertz CT molecular complexity index is 206. The Balaban J connectivity index is 2.16. The fourth-order valence-electron chi connectivity index (χ4n) is 2.84. The van der Waals surface area contributed by atoms with Crippen LogP contribution in [-0.4, -0.2) is 24.3 Å². The number of hydrogen-bond acceptors (Lipinski definition) is 2.